The van der Waals surface area contributed by atoms with E-state index >= 15 is 0 Å². The van der Waals surface area contributed by atoms with Crippen molar-refractivity contribution in [2.75, 3.05) is 7.11 Å². The summed E-state index contributed by atoms with van der Waals surface area (Å²) in [5.41, 5.74) is 2.46. The number of esters is 1. The van der Waals surface area contributed by atoms with Crippen LogP contribution >= 0.6 is 0 Å². The van der Waals surface area contributed by atoms with Crippen molar-refractivity contribution in [2.45, 2.75) is 55.4 Å². The van der Waals surface area contributed by atoms with Gasteiger partial charge in [-0.2, -0.15) is 67.1 Å². The summed E-state index contributed by atoms with van der Waals surface area (Å²) in [6.07, 6.45) is 1.36. The second-order valence-corrected chi connectivity index (χ2v) is 6.37. The summed E-state index contributed by atoms with van der Waals surface area (Å²) in [4.78, 5) is 34.0. The molecule has 3 rings (SSSR count). The Morgan fingerprint density at radius 3 is 1.81 bits per heavy atom. The number of benzene rings is 2. The Bertz CT molecular complexity index is 1050. The van der Waals surface area contributed by atoms with Gasteiger partial charge in [0, 0.05) is 51.5 Å². The van der Waals surface area contributed by atoms with Crippen LogP contribution in [-0.2, 0) is 70.4 Å². The van der Waals surface area contributed by atoms with Crippen molar-refractivity contribution in [1.29, 1.82) is 0 Å². The zero-order valence-corrected chi connectivity index (χ0v) is 30.0. The van der Waals surface area contributed by atoms with Crippen molar-refractivity contribution in [2.24, 2.45) is 7.05 Å². The maximum atomic E-state index is 12.2. The average molecular weight is 755 g/mol. The predicted octanol–water partition coefficient (Wildman–Crippen LogP) is 5.63. The zero-order chi connectivity index (χ0) is 26.7. The standard InChI is InChI=1S/C14H15N2O2.C6H5.C4H7O2.2C2H6.CH3.W.Y/c1-9-5-6-12(10(2)7-9)16-13(17)8-11(3)15(4)14(16)18;1-2-4-6-5-3-1;1-3-4(5)6-2;2*1-2;;;/h6-8H,1-4H3;1-5H;3H,1-2H3;2*1-2H3;1H3;;/q3*-1;;;-1;+2;. The van der Waals surface area contributed by atoms with Gasteiger partial charge in [-0.1, -0.05) is 47.2 Å². The Kier molecular flexibility index (Phi) is 33.3. The molecule has 3 aromatic rings. The molecule has 0 saturated heterocycles. The van der Waals surface area contributed by atoms with Crippen LogP contribution in [0.25, 0.3) is 5.69 Å². The minimum Gasteiger partial charge on any atom is -0.491 e. The number of aromatic nitrogens is 2. The van der Waals surface area contributed by atoms with Crippen LogP contribution in [0.5, 0.6) is 0 Å². The number of carbonyl (C=O) groups excluding carboxylic acids is 1. The Balaban J connectivity index is -0.000000151. The first-order valence-corrected chi connectivity index (χ1v) is 11.3. The third-order valence-electron chi connectivity index (χ3n) is 4.12. The topological polar surface area (TPSA) is 70.3 Å². The van der Waals surface area contributed by atoms with Crippen LogP contribution in [0.15, 0.2) is 58.1 Å². The largest absolute Gasteiger partial charge is 2.00 e. The van der Waals surface area contributed by atoms with Gasteiger partial charge in [0.25, 0.3) is 0 Å². The third-order valence-corrected chi connectivity index (χ3v) is 4.12. The second kappa shape index (κ2) is 27.3. The summed E-state index contributed by atoms with van der Waals surface area (Å²) in [6.45, 7) is 15.2. The SMILES string of the molecule is CC.CC.C[CH-]C(=O)OC.Cc1[c-]cc(-n2c(=O)cc(C)n(C)c2=O)c(C)c1.[CH3-].[W+2].[Y].[c-]1ccccc1. The van der Waals surface area contributed by atoms with E-state index in [1.54, 1.807) is 27.0 Å². The molecule has 6 nitrogen and oxygen atoms in total. The Hall–Kier alpha value is -1.75. The van der Waals surface area contributed by atoms with E-state index < -0.39 is 0 Å². The fraction of sp³-hybridized carbons (Fsp3) is 0.345. The number of hydrogen-bond acceptors (Lipinski definition) is 4. The molecule has 0 saturated carbocycles. The van der Waals surface area contributed by atoms with Crippen LogP contribution in [0.4, 0.5) is 0 Å². The molecule has 0 aliphatic carbocycles. The van der Waals surface area contributed by atoms with Crippen molar-refractivity contribution in [3.63, 3.8) is 0 Å². The third kappa shape index (κ3) is 17.4. The first-order chi connectivity index (χ1) is 16.2. The normalized spacial score (nSPS) is 7.95. The van der Waals surface area contributed by atoms with Crippen LogP contribution in [0.2, 0.25) is 0 Å². The fourth-order valence-corrected chi connectivity index (χ4v) is 2.39. The van der Waals surface area contributed by atoms with E-state index in [0.717, 1.165) is 11.1 Å². The van der Waals surface area contributed by atoms with E-state index in [2.05, 4.69) is 16.9 Å². The van der Waals surface area contributed by atoms with Gasteiger partial charge in [0.05, 0.1) is 7.11 Å². The molecule has 1 heterocycles. The molecule has 0 N–H and O–H groups in total. The maximum absolute atomic E-state index is 12.2. The molecule has 0 unspecified atom stereocenters. The van der Waals surface area contributed by atoms with Crippen molar-refractivity contribution in [3.05, 3.63) is 112 Å². The Labute approximate surface area is 264 Å². The van der Waals surface area contributed by atoms with Gasteiger partial charge in [0.2, 0.25) is 5.56 Å². The number of aryl methyl sites for hydroxylation is 3. The van der Waals surface area contributed by atoms with E-state index in [9.17, 15) is 14.4 Å². The average Bonchev–Trinajstić information content (AvgIpc) is 2.87. The number of hydrogen-bond donors (Lipinski definition) is 0. The first-order valence-electron chi connectivity index (χ1n) is 11.3. The van der Waals surface area contributed by atoms with Gasteiger partial charge in [-0.15, -0.1) is 5.56 Å². The fourth-order valence-electron chi connectivity index (χ4n) is 2.39. The van der Waals surface area contributed by atoms with Gasteiger partial charge in [-0.05, 0) is 6.92 Å². The van der Waals surface area contributed by atoms with Gasteiger partial charge >= 0.3 is 26.8 Å². The van der Waals surface area contributed by atoms with Crippen LogP contribution in [-0.4, -0.2) is 22.2 Å². The number of ether oxygens (including phenoxy) is 1. The van der Waals surface area contributed by atoms with Crippen molar-refractivity contribution < 1.29 is 63.3 Å². The number of methoxy groups -OCH3 is 1. The molecule has 0 aliphatic rings. The molecule has 0 bridgehead atoms. The number of nitrogens with zero attached hydrogens (tertiary/aromatic N) is 2. The van der Waals surface area contributed by atoms with Gasteiger partial charge in [0.1, 0.15) is 0 Å². The molecule has 8 heteroatoms. The molecule has 1 radical (unpaired) electrons. The molecule has 0 atom stereocenters. The van der Waals surface area contributed by atoms with Gasteiger partial charge < -0.3 is 16.7 Å². The Morgan fingerprint density at radius 2 is 1.49 bits per heavy atom. The van der Waals surface area contributed by atoms with Crippen LogP contribution in [0.1, 0.15) is 51.4 Å². The van der Waals surface area contributed by atoms with Crippen molar-refractivity contribution in [1.82, 2.24) is 9.13 Å². The monoisotopic (exact) mass is 755 g/mol. The molecule has 0 amide bonds. The van der Waals surface area contributed by atoms with E-state index in [0.29, 0.717) is 11.4 Å². The molecule has 2 aromatic carbocycles. The summed E-state index contributed by atoms with van der Waals surface area (Å²) in [5.74, 6) is -0.282. The van der Waals surface area contributed by atoms with Gasteiger partial charge in [-0.25, -0.2) is 4.79 Å². The molecule has 0 aliphatic heterocycles. The smallest absolute Gasteiger partial charge is 0.491 e. The summed E-state index contributed by atoms with van der Waals surface area (Å²) in [6, 6.07) is 20.6. The van der Waals surface area contributed by atoms with Crippen molar-refractivity contribution in [3.8, 4) is 5.69 Å². The summed E-state index contributed by atoms with van der Waals surface area (Å²) in [5, 5.41) is 0. The summed E-state index contributed by atoms with van der Waals surface area (Å²) >= 11 is 0. The minimum absolute atomic E-state index is 0. The molecule has 1 aromatic heterocycles. The number of carbonyl (C=O) groups is 1. The van der Waals surface area contributed by atoms with Gasteiger partial charge in [0.15, 0.2) is 5.97 Å². The first kappa shape index (κ1) is 45.2. The van der Waals surface area contributed by atoms with E-state index in [-0.39, 0.29) is 78.4 Å². The summed E-state index contributed by atoms with van der Waals surface area (Å²) in [7, 11) is 3.00. The van der Waals surface area contributed by atoms with Crippen molar-refractivity contribution >= 4 is 5.97 Å². The number of rotatable bonds is 2. The second-order valence-electron chi connectivity index (χ2n) is 6.37. The molecular weight excluding hydrogens is 713 g/mol. The van der Waals surface area contributed by atoms with E-state index in [1.807, 2.05) is 77.9 Å². The molecule has 0 fully saturated rings. The van der Waals surface area contributed by atoms with E-state index in [1.165, 1.54) is 28.7 Å². The molecule has 37 heavy (non-hydrogen) atoms. The van der Waals surface area contributed by atoms with Crippen LogP contribution < -0.4 is 11.2 Å². The Morgan fingerprint density at radius 1 is 0.973 bits per heavy atom. The molecule has 0 spiro atoms. The van der Waals surface area contributed by atoms with Crippen LogP contribution in [0.3, 0.4) is 0 Å². The molecule has 203 valence electrons. The van der Waals surface area contributed by atoms with E-state index in [4.69, 9.17) is 0 Å². The predicted molar refractivity (Wildman–Crippen MR) is 147 cm³/mol. The minimum atomic E-state index is -0.333. The molecular formula is C29H42N2O4WY-2. The zero-order valence-electron chi connectivity index (χ0n) is 24.2. The maximum Gasteiger partial charge on any atom is 2.00 e. The van der Waals surface area contributed by atoms with Gasteiger partial charge in [-0.3, -0.25) is 20.6 Å². The quantitative estimate of drug-likeness (QED) is 0.252. The van der Waals surface area contributed by atoms with Crippen LogP contribution in [0, 0.1) is 46.8 Å². The summed E-state index contributed by atoms with van der Waals surface area (Å²) < 4.78 is 6.84.